The van der Waals surface area contributed by atoms with E-state index < -0.39 is 41.2 Å². The molecule has 2 atom stereocenters. The van der Waals surface area contributed by atoms with E-state index >= 15 is 0 Å². The number of sulfonamides is 1. The van der Waals surface area contributed by atoms with E-state index in [-0.39, 0.29) is 23.6 Å². The first-order valence-electron chi connectivity index (χ1n) is 20.7. The first-order valence-corrected chi connectivity index (χ1v) is 25.0. The topological polar surface area (TPSA) is 128 Å². The van der Waals surface area contributed by atoms with E-state index in [1.165, 1.54) is 29.2 Å². The Labute approximate surface area is 377 Å². The molecule has 1 saturated heterocycles. The van der Waals surface area contributed by atoms with Gasteiger partial charge < -0.3 is 10.2 Å². The fourth-order valence-electron chi connectivity index (χ4n) is 8.20. The summed E-state index contributed by atoms with van der Waals surface area (Å²) < 4.78 is 99.1. The number of thioether (sulfide) groups is 1. The smallest absolute Gasteiger partial charge is 0.380 e. The molecule has 0 bridgehead atoms. The SMILES string of the molecule is CC1Cc2c(ncnc2NS(=O)(=O)c2ccc(NC(CCN(C)C)CSc3ccccc3)c(S(=O)(=O)C(F)(F)F)c2)CN1C1CCN(Cc2ccccc2-c2ccc(Cl)cc2)CC1. The third kappa shape index (κ3) is 11.4. The number of anilines is 2. The molecule has 0 spiro atoms. The second-order valence-corrected chi connectivity index (χ2v) is 21.4. The van der Waals surface area contributed by atoms with Gasteiger partial charge in [0.05, 0.1) is 16.3 Å². The van der Waals surface area contributed by atoms with Gasteiger partial charge in [-0.25, -0.2) is 26.8 Å². The Bertz CT molecular complexity index is 2580. The number of likely N-dealkylation sites (tertiary alicyclic amines) is 1. The number of aromatic nitrogens is 2. The highest BCUT2D eigenvalue weighted by Crippen LogP contribution is 2.38. The van der Waals surface area contributed by atoms with Crippen LogP contribution in [-0.2, 0) is 39.4 Å². The van der Waals surface area contributed by atoms with E-state index in [0.717, 1.165) is 55.1 Å². The molecule has 2 unspecified atom stereocenters. The normalized spacial score (nSPS) is 17.4. The van der Waals surface area contributed by atoms with E-state index in [2.05, 4.69) is 54.9 Å². The number of halogens is 4. The molecule has 0 radical (unpaired) electrons. The zero-order valence-corrected chi connectivity index (χ0v) is 38.4. The van der Waals surface area contributed by atoms with Crippen LogP contribution in [0.2, 0.25) is 5.02 Å². The summed E-state index contributed by atoms with van der Waals surface area (Å²) in [4.78, 5) is 14.7. The molecular formula is C45H51ClF3N7O4S3. The van der Waals surface area contributed by atoms with Crippen molar-refractivity contribution in [3.63, 3.8) is 0 Å². The number of piperidine rings is 1. The van der Waals surface area contributed by atoms with Gasteiger partial charge in [-0.15, -0.1) is 11.8 Å². The van der Waals surface area contributed by atoms with Crippen LogP contribution < -0.4 is 10.0 Å². The summed E-state index contributed by atoms with van der Waals surface area (Å²) in [6.45, 7) is 5.71. The first kappa shape index (κ1) is 46.8. The second-order valence-electron chi connectivity index (χ2n) is 16.3. The first-order chi connectivity index (χ1) is 30.0. The van der Waals surface area contributed by atoms with Crippen LogP contribution in [0.3, 0.4) is 0 Å². The van der Waals surface area contributed by atoms with Gasteiger partial charge in [-0.2, -0.15) is 13.2 Å². The van der Waals surface area contributed by atoms with Gasteiger partial charge in [0, 0.05) is 52.4 Å². The van der Waals surface area contributed by atoms with Crippen molar-refractivity contribution in [2.24, 2.45) is 0 Å². The van der Waals surface area contributed by atoms with Gasteiger partial charge >= 0.3 is 5.51 Å². The molecule has 3 heterocycles. The number of hydrogen-bond donors (Lipinski definition) is 2. The Kier molecular flexibility index (Phi) is 14.8. The van der Waals surface area contributed by atoms with Crippen LogP contribution in [0.15, 0.2) is 118 Å². The van der Waals surface area contributed by atoms with Gasteiger partial charge in [0.2, 0.25) is 0 Å². The summed E-state index contributed by atoms with van der Waals surface area (Å²) in [5, 5.41) is 3.70. The van der Waals surface area contributed by atoms with E-state index in [1.807, 2.05) is 79.7 Å². The molecule has 0 amide bonds. The Morgan fingerprint density at radius 3 is 2.32 bits per heavy atom. The zero-order valence-electron chi connectivity index (χ0n) is 35.2. The number of nitrogens with one attached hydrogen (secondary N) is 2. The summed E-state index contributed by atoms with van der Waals surface area (Å²) >= 11 is 7.62. The van der Waals surface area contributed by atoms with Crippen molar-refractivity contribution in [3.05, 3.63) is 125 Å². The van der Waals surface area contributed by atoms with Gasteiger partial charge in [-0.3, -0.25) is 14.5 Å². The number of benzene rings is 4. The van der Waals surface area contributed by atoms with Crippen molar-refractivity contribution < 1.29 is 30.0 Å². The Morgan fingerprint density at radius 1 is 0.921 bits per heavy atom. The quantitative estimate of drug-likeness (QED) is 0.0922. The molecule has 0 aliphatic carbocycles. The third-order valence-electron chi connectivity index (χ3n) is 11.6. The number of fused-ring (bicyclic) bond motifs is 1. The van der Waals surface area contributed by atoms with Crippen molar-refractivity contribution >= 4 is 54.7 Å². The molecule has 7 rings (SSSR count). The number of nitrogens with zero attached hydrogens (tertiary/aromatic N) is 5. The Morgan fingerprint density at radius 2 is 1.62 bits per heavy atom. The van der Waals surface area contributed by atoms with Gasteiger partial charge in [0.15, 0.2) is 0 Å². The molecule has 1 fully saturated rings. The van der Waals surface area contributed by atoms with E-state index in [0.29, 0.717) is 54.0 Å². The maximum absolute atomic E-state index is 14.2. The minimum absolute atomic E-state index is 0.00307. The maximum atomic E-state index is 14.2. The molecule has 336 valence electrons. The lowest BCUT2D eigenvalue weighted by atomic mass is 9.93. The molecule has 5 aromatic rings. The molecule has 2 N–H and O–H groups in total. The molecule has 11 nitrogen and oxygen atoms in total. The minimum atomic E-state index is -5.99. The monoisotopic (exact) mass is 941 g/mol. The van der Waals surface area contributed by atoms with E-state index in [1.54, 1.807) is 0 Å². The van der Waals surface area contributed by atoms with E-state index in [9.17, 15) is 30.0 Å². The van der Waals surface area contributed by atoms with E-state index in [4.69, 9.17) is 11.6 Å². The fourth-order valence-corrected chi connectivity index (χ4v) is 11.4. The largest absolute Gasteiger partial charge is 0.501 e. The fraction of sp³-hybridized carbons (Fsp3) is 0.378. The predicted molar refractivity (Wildman–Crippen MR) is 244 cm³/mol. The molecule has 0 saturated carbocycles. The molecule has 2 aliphatic rings. The molecule has 18 heteroatoms. The lowest BCUT2D eigenvalue weighted by molar-refractivity contribution is -0.0435. The summed E-state index contributed by atoms with van der Waals surface area (Å²) in [5.41, 5.74) is -1.25. The predicted octanol–water partition coefficient (Wildman–Crippen LogP) is 8.83. The molecule has 63 heavy (non-hydrogen) atoms. The van der Waals surface area contributed by atoms with Crippen LogP contribution in [0, 0.1) is 0 Å². The maximum Gasteiger partial charge on any atom is 0.501 e. The average Bonchev–Trinajstić information content (AvgIpc) is 3.25. The molecule has 1 aromatic heterocycles. The van der Waals surface area contributed by atoms with Crippen LogP contribution in [-0.4, -0.2) is 105 Å². The third-order valence-corrected chi connectivity index (χ3v) is 15.9. The number of hydrogen-bond acceptors (Lipinski definition) is 11. The van der Waals surface area contributed by atoms with Gasteiger partial charge in [0.25, 0.3) is 19.9 Å². The Hall–Kier alpha value is -4.23. The van der Waals surface area contributed by atoms with Crippen LogP contribution >= 0.6 is 23.4 Å². The molecule has 2 aliphatic heterocycles. The van der Waals surface area contributed by atoms with Gasteiger partial charge in [-0.1, -0.05) is 66.2 Å². The zero-order chi connectivity index (χ0) is 44.9. The molecule has 4 aromatic carbocycles. The lowest BCUT2D eigenvalue weighted by Crippen LogP contribution is -2.50. The van der Waals surface area contributed by atoms with Crippen molar-refractivity contribution in [1.29, 1.82) is 0 Å². The van der Waals surface area contributed by atoms with Gasteiger partial charge in [-0.05, 0) is 125 Å². The minimum Gasteiger partial charge on any atom is -0.380 e. The number of sulfone groups is 1. The summed E-state index contributed by atoms with van der Waals surface area (Å²) in [5.74, 6) is 0.407. The summed E-state index contributed by atoms with van der Waals surface area (Å²) in [6, 6.07) is 28.3. The molecular weight excluding hydrogens is 891 g/mol. The van der Waals surface area contributed by atoms with Crippen molar-refractivity contribution in [2.45, 2.75) is 84.0 Å². The average molecular weight is 943 g/mol. The summed E-state index contributed by atoms with van der Waals surface area (Å²) in [6.07, 6.45) is 4.02. The van der Waals surface area contributed by atoms with Crippen molar-refractivity contribution in [2.75, 3.05) is 49.5 Å². The standard InChI is InChI=1S/C45H51ClF3N7O4S3/c1-31-25-40-42(28-56(31)36-20-23-55(24-21-36)27-33-9-7-8-12-39(33)32-13-15-34(46)16-14-32)50-30-51-44(40)53-63(59,60)38-17-18-41(43(26-38)62(57,58)45(47,48)49)52-35(19-22-54(2)3)29-61-37-10-5-4-6-11-37/h4-18,26,30-31,35-36,52H,19-25,27-29H2,1-3H3,(H,50,51,53). The van der Waals surface area contributed by atoms with Crippen molar-refractivity contribution in [3.8, 4) is 11.1 Å². The van der Waals surface area contributed by atoms with Crippen LogP contribution in [0.5, 0.6) is 0 Å². The van der Waals surface area contributed by atoms with Gasteiger partial charge in [0.1, 0.15) is 17.0 Å². The van der Waals surface area contributed by atoms with Crippen LogP contribution in [0.1, 0.15) is 43.0 Å². The van der Waals surface area contributed by atoms with Crippen LogP contribution in [0.4, 0.5) is 24.7 Å². The highest BCUT2D eigenvalue weighted by Gasteiger charge is 2.48. The second kappa shape index (κ2) is 19.9. The number of rotatable bonds is 16. The highest BCUT2D eigenvalue weighted by atomic mass is 35.5. The summed E-state index contributed by atoms with van der Waals surface area (Å²) in [7, 11) is -6.91. The van der Waals surface area contributed by atoms with Crippen LogP contribution in [0.25, 0.3) is 11.1 Å². The lowest BCUT2D eigenvalue weighted by Gasteiger charge is -2.44. The Balaban J connectivity index is 1.06. The van der Waals surface area contributed by atoms with Crippen molar-refractivity contribution in [1.82, 2.24) is 24.7 Å². The number of alkyl halides is 3. The highest BCUT2D eigenvalue weighted by molar-refractivity contribution is 7.99.